The molecule has 3 heterocycles. The molecule has 2 aromatic carbocycles. The highest BCUT2D eigenvalue weighted by Gasteiger charge is 2.32. The van der Waals surface area contributed by atoms with Crippen molar-refractivity contribution >= 4 is 34.5 Å². The molecule has 2 saturated heterocycles. The first kappa shape index (κ1) is 27.9. The van der Waals surface area contributed by atoms with Crippen LogP contribution >= 0.6 is 11.3 Å². The van der Waals surface area contributed by atoms with Crippen LogP contribution in [-0.4, -0.2) is 80.0 Å². The topological polar surface area (TPSA) is 60.0 Å². The number of aromatic nitrogens is 1. The van der Waals surface area contributed by atoms with Crippen LogP contribution in [0.4, 0.5) is 24.5 Å². The number of thiazole rings is 1. The zero-order valence-corrected chi connectivity index (χ0v) is 23.3. The Morgan fingerprint density at radius 2 is 1.57 bits per heavy atom. The van der Waals surface area contributed by atoms with Crippen molar-refractivity contribution in [3.05, 3.63) is 75.7 Å². The Balaban J connectivity index is 1.14. The molecule has 1 aromatic heterocycles. The standard InChI is InChI=1S/C29H32F3N5O2S/c1-34(2)23-7-3-5-21(17-23)27(38)36-11-9-20(10-12-36)26-33-25(19-40-26)28(39)37-15-13-35(14-16-37)24-8-4-6-22(18-24)29(30,31)32/h3-8,17-20H,9-16H2,1-2H3. The normalized spacial score (nSPS) is 16.8. The molecule has 2 aliphatic heterocycles. The fraction of sp³-hybridized carbons (Fsp3) is 0.414. The molecular formula is C29H32F3N5O2S. The van der Waals surface area contributed by atoms with Crippen molar-refractivity contribution in [2.45, 2.75) is 24.9 Å². The minimum absolute atomic E-state index is 0.0291. The molecule has 0 bridgehead atoms. The van der Waals surface area contributed by atoms with Gasteiger partial charge < -0.3 is 19.6 Å². The summed E-state index contributed by atoms with van der Waals surface area (Å²) in [5.41, 5.74) is 1.91. The molecule has 2 aliphatic rings. The van der Waals surface area contributed by atoms with Crippen LogP contribution in [0.1, 0.15) is 50.2 Å². The van der Waals surface area contributed by atoms with Gasteiger partial charge in [0.05, 0.1) is 10.6 Å². The van der Waals surface area contributed by atoms with Crippen molar-refractivity contribution in [3.63, 3.8) is 0 Å². The summed E-state index contributed by atoms with van der Waals surface area (Å²) in [6, 6.07) is 12.9. The van der Waals surface area contributed by atoms with E-state index in [1.165, 1.54) is 17.4 Å². The number of benzene rings is 2. The molecule has 0 N–H and O–H groups in total. The van der Waals surface area contributed by atoms with E-state index in [4.69, 9.17) is 0 Å². The second-order valence-electron chi connectivity index (χ2n) is 10.4. The van der Waals surface area contributed by atoms with Crippen LogP contribution in [0.5, 0.6) is 0 Å². The van der Waals surface area contributed by atoms with Crippen LogP contribution in [0.15, 0.2) is 53.9 Å². The molecule has 5 rings (SSSR count). The predicted octanol–water partition coefficient (Wildman–Crippen LogP) is 5.21. The van der Waals surface area contributed by atoms with Crippen molar-refractivity contribution in [2.24, 2.45) is 0 Å². The number of carbonyl (C=O) groups is 2. The van der Waals surface area contributed by atoms with Gasteiger partial charge in [0, 0.05) is 81.6 Å². The minimum Gasteiger partial charge on any atom is -0.378 e. The summed E-state index contributed by atoms with van der Waals surface area (Å²) < 4.78 is 39.3. The molecule has 0 unspecified atom stereocenters. The Morgan fingerprint density at radius 1 is 0.900 bits per heavy atom. The van der Waals surface area contributed by atoms with Gasteiger partial charge in [-0.1, -0.05) is 12.1 Å². The molecule has 3 aromatic rings. The van der Waals surface area contributed by atoms with E-state index in [2.05, 4.69) is 4.98 Å². The Labute approximate surface area is 235 Å². The fourth-order valence-electron chi connectivity index (χ4n) is 5.21. The van der Waals surface area contributed by atoms with Crippen molar-refractivity contribution in [1.82, 2.24) is 14.8 Å². The first-order chi connectivity index (χ1) is 19.1. The highest BCUT2D eigenvalue weighted by Crippen LogP contribution is 2.33. The number of carbonyl (C=O) groups excluding carboxylic acids is 2. The third-order valence-electron chi connectivity index (χ3n) is 7.59. The Bertz CT molecular complexity index is 1360. The van der Waals surface area contributed by atoms with E-state index in [0.29, 0.717) is 56.2 Å². The van der Waals surface area contributed by atoms with E-state index in [0.717, 1.165) is 35.7 Å². The van der Waals surface area contributed by atoms with Crippen LogP contribution in [0.2, 0.25) is 0 Å². The van der Waals surface area contributed by atoms with Gasteiger partial charge in [-0.25, -0.2) is 4.98 Å². The third-order valence-corrected chi connectivity index (χ3v) is 8.59. The smallest absolute Gasteiger partial charge is 0.378 e. The molecule has 0 aliphatic carbocycles. The number of alkyl halides is 3. The van der Waals surface area contributed by atoms with Crippen molar-refractivity contribution in [1.29, 1.82) is 0 Å². The molecule has 11 heteroatoms. The molecule has 0 radical (unpaired) electrons. The lowest BCUT2D eigenvalue weighted by molar-refractivity contribution is -0.137. The monoisotopic (exact) mass is 571 g/mol. The average Bonchev–Trinajstić information content (AvgIpc) is 3.47. The maximum Gasteiger partial charge on any atom is 0.416 e. The molecule has 2 amide bonds. The SMILES string of the molecule is CN(C)c1cccc(C(=O)N2CCC(c3nc(C(=O)N4CCN(c5cccc(C(F)(F)F)c5)CC4)cs3)CC2)c1. The van der Waals surface area contributed by atoms with Crippen molar-refractivity contribution in [3.8, 4) is 0 Å². The fourth-order valence-corrected chi connectivity index (χ4v) is 6.18. The maximum absolute atomic E-state index is 13.1. The minimum atomic E-state index is -4.39. The summed E-state index contributed by atoms with van der Waals surface area (Å²) in [5, 5.41) is 2.70. The summed E-state index contributed by atoms with van der Waals surface area (Å²) in [5.74, 6) is 0.0717. The number of anilines is 2. The first-order valence-corrected chi connectivity index (χ1v) is 14.2. The van der Waals surface area contributed by atoms with Gasteiger partial charge in [-0.15, -0.1) is 11.3 Å². The van der Waals surface area contributed by atoms with E-state index in [1.807, 2.05) is 53.1 Å². The van der Waals surface area contributed by atoms with Gasteiger partial charge in [-0.3, -0.25) is 9.59 Å². The van der Waals surface area contributed by atoms with Gasteiger partial charge in [0.1, 0.15) is 5.69 Å². The number of nitrogens with zero attached hydrogens (tertiary/aromatic N) is 5. The molecule has 40 heavy (non-hydrogen) atoms. The second kappa shape index (κ2) is 11.5. The number of piperidine rings is 1. The zero-order chi connectivity index (χ0) is 28.4. The Kier molecular flexibility index (Phi) is 8.02. The van der Waals surface area contributed by atoms with Crippen LogP contribution < -0.4 is 9.80 Å². The van der Waals surface area contributed by atoms with Crippen LogP contribution in [0.25, 0.3) is 0 Å². The number of likely N-dealkylation sites (tertiary alicyclic amines) is 1. The van der Waals surface area contributed by atoms with Gasteiger partial charge in [-0.05, 0) is 49.2 Å². The number of piperazine rings is 1. The van der Waals surface area contributed by atoms with E-state index < -0.39 is 11.7 Å². The van der Waals surface area contributed by atoms with Gasteiger partial charge in [0.15, 0.2) is 0 Å². The molecule has 7 nitrogen and oxygen atoms in total. The van der Waals surface area contributed by atoms with Gasteiger partial charge >= 0.3 is 6.18 Å². The molecule has 0 atom stereocenters. The summed E-state index contributed by atoms with van der Waals surface area (Å²) in [7, 11) is 3.89. The summed E-state index contributed by atoms with van der Waals surface area (Å²) in [6.07, 6.45) is -2.81. The number of amides is 2. The van der Waals surface area contributed by atoms with Crippen molar-refractivity contribution in [2.75, 3.05) is 63.2 Å². The van der Waals surface area contributed by atoms with Crippen LogP contribution in [0, 0.1) is 0 Å². The predicted molar refractivity (Wildman–Crippen MR) is 150 cm³/mol. The second-order valence-corrected chi connectivity index (χ2v) is 11.3. The average molecular weight is 572 g/mol. The molecule has 0 spiro atoms. The Morgan fingerprint density at radius 3 is 2.25 bits per heavy atom. The molecule has 0 saturated carbocycles. The first-order valence-electron chi connectivity index (χ1n) is 13.3. The lowest BCUT2D eigenvalue weighted by atomic mass is 9.97. The van der Waals surface area contributed by atoms with E-state index in [-0.39, 0.29) is 17.7 Å². The maximum atomic E-state index is 13.1. The van der Waals surface area contributed by atoms with Gasteiger partial charge in [0.25, 0.3) is 11.8 Å². The molecule has 212 valence electrons. The molecule has 2 fully saturated rings. The van der Waals surface area contributed by atoms with E-state index >= 15 is 0 Å². The quantitative estimate of drug-likeness (QED) is 0.421. The summed E-state index contributed by atoms with van der Waals surface area (Å²) >= 11 is 1.48. The van der Waals surface area contributed by atoms with E-state index in [9.17, 15) is 22.8 Å². The zero-order valence-electron chi connectivity index (χ0n) is 22.5. The van der Waals surface area contributed by atoms with Gasteiger partial charge in [0.2, 0.25) is 0 Å². The lowest BCUT2D eigenvalue weighted by Gasteiger charge is -2.36. The highest BCUT2D eigenvalue weighted by atomic mass is 32.1. The largest absolute Gasteiger partial charge is 0.416 e. The lowest BCUT2D eigenvalue weighted by Crippen LogP contribution is -2.49. The van der Waals surface area contributed by atoms with Crippen LogP contribution in [-0.2, 0) is 6.18 Å². The molecular weight excluding hydrogens is 539 g/mol. The van der Waals surface area contributed by atoms with Crippen LogP contribution in [0.3, 0.4) is 0 Å². The number of rotatable bonds is 5. The van der Waals surface area contributed by atoms with Gasteiger partial charge in [-0.2, -0.15) is 13.2 Å². The third kappa shape index (κ3) is 6.09. The van der Waals surface area contributed by atoms with Crippen molar-refractivity contribution < 1.29 is 22.8 Å². The number of halogens is 3. The number of hydrogen-bond acceptors (Lipinski definition) is 6. The number of hydrogen-bond donors (Lipinski definition) is 0. The van der Waals surface area contributed by atoms with E-state index in [1.54, 1.807) is 16.3 Å². The summed E-state index contributed by atoms with van der Waals surface area (Å²) in [4.78, 5) is 38.3. The highest BCUT2D eigenvalue weighted by molar-refractivity contribution is 7.09. The Hall–Kier alpha value is -3.60. The summed E-state index contributed by atoms with van der Waals surface area (Å²) in [6.45, 7) is 3.00.